The summed E-state index contributed by atoms with van der Waals surface area (Å²) >= 11 is 1.08. The van der Waals surface area contributed by atoms with Crippen LogP contribution in [0.3, 0.4) is 0 Å². The van der Waals surface area contributed by atoms with Gasteiger partial charge in [0.15, 0.2) is 5.75 Å². The number of carbonyl (C=O) groups excluding carboxylic acids is 1. The average Bonchev–Trinajstić information content (AvgIpc) is 3.12. The fraction of sp³-hybridized carbons (Fsp3) is 0.350. The summed E-state index contributed by atoms with van der Waals surface area (Å²) in [5.41, 5.74) is 0.500. The Morgan fingerprint density at radius 1 is 1.08 bits per heavy atom. The average molecular weight is 371 g/mol. The van der Waals surface area contributed by atoms with Gasteiger partial charge in [-0.25, -0.2) is 0 Å². The van der Waals surface area contributed by atoms with E-state index in [0.717, 1.165) is 17.6 Å². The molecule has 2 aromatic carbocycles. The Balaban J connectivity index is 1.55. The third-order valence-corrected chi connectivity index (χ3v) is 5.79. The van der Waals surface area contributed by atoms with Crippen LogP contribution in [0, 0.1) is 0 Å². The highest BCUT2D eigenvalue weighted by atomic mass is 32.2. The molecule has 1 amide bonds. The smallest absolute Gasteiger partial charge is 0.241 e. The maximum absolute atomic E-state index is 13.1. The largest absolute Gasteiger partial charge is 0.354 e. The van der Waals surface area contributed by atoms with E-state index >= 15 is 0 Å². The van der Waals surface area contributed by atoms with E-state index in [-0.39, 0.29) is 23.1 Å². The summed E-state index contributed by atoms with van der Waals surface area (Å²) in [6.45, 7) is 4.39. The first kappa shape index (κ1) is 17.4. The summed E-state index contributed by atoms with van der Waals surface area (Å²) < 4.78 is 11.3. The summed E-state index contributed by atoms with van der Waals surface area (Å²) in [6.07, 6.45) is 0. The molecule has 2 fully saturated rings. The molecule has 26 heavy (non-hydrogen) atoms. The highest BCUT2D eigenvalue weighted by molar-refractivity contribution is 7.96. The van der Waals surface area contributed by atoms with Crippen LogP contribution in [0.4, 0.5) is 0 Å². The molecule has 2 heterocycles. The standard InChI is InChI=1S/C20H21NO4S/c1-20(2)21-16(13-23-20)17(14-9-5-3-6-10-14)18(19(21)22)26-25-24-15-11-7-4-8-12-15/h3-12,16-18H,13H2,1-2H3/t16-,17-,18-/m1/s1. The van der Waals surface area contributed by atoms with Gasteiger partial charge in [0.1, 0.15) is 11.0 Å². The summed E-state index contributed by atoms with van der Waals surface area (Å²) in [5, 5.41) is -0.380. The van der Waals surface area contributed by atoms with Gasteiger partial charge < -0.3 is 14.5 Å². The van der Waals surface area contributed by atoms with Crippen LogP contribution in [0.25, 0.3) is 0 Å². The molecule has 0 unspecified atom stereocenters. The van der Waals surface area contributed by atoms with Crippen LogP contribution in [-0.2, 0) is 13.9 Å². The molecule has 0 aliphatic carbocycles. The Labute approximate surface area is 157 Å². The quantitative estimate of drug-likeness (QED) is 0.455. The molecule has 4 rings (SSSR count). The van der Waals surface area contributed by atoms with E-state index in [2.05, 4.69) is 12.1 Å². The van der Waals surface area contributed by atoms with Crippen molar-refractivity contribution in [2.45, 2.75) is 36.8 Å². The highest BCUT2D eigenvalue weighted by Gasteiger charge is 2.58. The van der Waals surface area contributed by atoms with E-state index < -0.39 is 5.72 Å². The zero-order valence-corrected chi connectivity index (χ0v) is 15.5. The Morgan fingerprint density at radius 3 is 2.42 bits per heavy atom. The Bertz CT molecular complexity index is 768. The van der Waals surface area contributed by atoms with E-state index in [1.54, 1.807) is 12.1 Å². The number of hydrogen-bond donors (Lipinski definition) is 0. The van der Waals surface area contributed by atoms with Gasteiger partial charge in [-0.15, -0.1) is 4.33 Å². The van der Waals surface area contributed by atoms with Gasteiger partial charge in [0.2, 0.25) is 5.91 Å². The molecule has 2 saturated heterocycles. The number of hydrogen-bond acceptors (Lipinski definition) is 5. The first-order valence-electron chi connectivity index (χ1n) is 8.65. The van der Waals surface area contributed by atoms with E-state index in [1.165, 1.54) is 0 Å². The number of amides is 1. The van der Waals surface area contributed by atoms with Crippen LogP contribution >= 0.6 is 12.0 Å². The number of fused-ring (bicyclic) bond motifs is 1. The van der Waals surface area contributed by atoms with Crippen molar-refractivity contribution in [3.05, 3.63) is 66.2 Å². The lowest BCUT2D eigenvalue weighted by Crippen LogP contribution is -2.44. The molecule has 0 bridgehead atoms. The van der Waals surface area contributed by atoms with Crippen LogP contribution in [0.2, 0.25) is 0 Å². The van der Waals surface area contributed by atoms with Crippen molar-refractivity contribution >= 4 is 17.9 Å². The van der Waals surface area contributed by atoms with Crippen LogP contribution in [-0.4, -0.2) is 34.4 Å². The maximum atomic E-state index is 13.1. The molecular formula is C20H21NO4S. The lowest BCUT2D eigenvalue weighted by atomic mass is 9.92. The van der Waals surface area contributed by atoms with Gasteiger partial charge in [-0.1, -0.05) is 48.5 Å². The molecule has 0 saturated carbocycles. The molecule has 2 aromatic rings. The SMILES string of the molecule is CC1(C)OC[C@@H]2[C@@H](c3ccccc3)[C@@H](SOOc3ccccc3)C(=O)N21. The number of carbonyl (C=O) groups is 1. The van der Waals surface area contributed by atoms with Crippen LogP contribution in [0.5, 0.6) is 5.75 Å². The zero-order valence-electron chi connectivity index (χ0n) is 14.7. The molecular weight excluding hydrogens is 350 g/mol. The topological polar surface area (TPSA) is 48.0 Å². The predicted molar refractivity (Wildman–Crippen MR) is 99.4 cm³/mol. The Hall–Kier alpha value is -2.02. The second kappa shape index (κ2) is 6.95. The van der Waals surface area contributed by atoms with Crippen molar-refractivity contribution in [2.75, 3.05) is 6.61 Å². The third-order valence-electron chi connectivity index (χ3n) is 4.94. The monoisotopic (exact) mass is 371 g/mol. The molecule has 0 spiro atoms. The van der Waals surface area contributed by atoms with Gasteiger partial charge in [-0.2, -0.15) is 0 Å². The molecule has 2 aliphatic rings. The number of rotatable bonds is 5. The number of benzene rings is 2. The van der Waals surface area contributed by atoms with Crippen LogP contribution in [0.1, 0.15) is 25.3 Å². The van der Waals surface area contributed by atoms with Crippen LogP contribution in [0.15, 0.2) is 60.7 Å². The minimum atomic E-state index is -0.607. The molecule has 0 radical (unpaired) electrons. The molecule has 0 aromatic heterocycles. The van der Waals surface area contributed by atoms with Gasteiger partial charge in [-0.3, -0.25) is 4.79 Å². The van der Waals surface area contributed by atoms with Crippen molar-refractivity contribution in [1.29, 1.82) is 0 Å². The lowest BCUT2D eigenvalue weighted by Gasteiger charge is -2.29. The van der Waals surface area contributed by atoms with Gasteiger partial charge in [0.25, 0.3) is 0 Å². The Kier molecular flexibility index (Phi) is 4.65. The normalized spacial score (nSPS) is 26.8. The second-order valence-electron chi connectivity index (χ2n) is 6.95. The summed E-state index contributed by atoms with van der Waals surface area (Å²) in [6, 6.07) is 19.3. The maximum Gasteiger partial charge on any atom is 0.241 e. The van der Waals surface area contributed by atoms with Crippen molar-refractivity contribution in [2.24, 2.45) is 0 Å². The Morgan fingerprint density at radius 2 is 1.73 bits per heavy atom. The first-order chi connectivity index (χ1) is 12.6. The van der Waals surface area contributed by atoms with Crippen molar-refractivity contribution in [1.82, 2.24) is 4.90 Å². The predicted octanol–water partition coefficient (Wildman–Crippen LogP) is 3.77. The van der Waals surface area contributed by atoms with Crippen molar-refractivity contribution in [3.8, 4) is 5.75 Å². The molecule has 0 N–H and O–H groups in total. The molecule has 3 atom stereocenters. The number of nitrogens with zero attached hydrogens (tertiary/aromatic N) is 1. The van der Waals surface area contributed by atoms with Crippen molar-refractivity contribution < 1.29 is 18.8 Å². The molecule has 6 heteroatoms. The number of para-hydroxylation sites is 1. The minimum absolute atomic E-state index is 0.00211. The number of ether oxygens (including phenoxy) is 1. The van der Waals surface area contributed by atoms with Crippen molar-refractivity contribution in [3.63, 3.8) is 0 Å². The summed E-state index contributed by atoms with van der Waals surface area (Å²) in [7, 11) is 0. The fourth-order valence-corrected chi connectivity index (χ4v) is 4.63. The van der Waals surface area contributed by atoms with E-state index in [4.69, 9.17) is 14.0 Å². The molecule has 2 aliphatic heterocycles. The van der Waals surface area contributed by atoms with E-state index in [1.807, 2.05) is 55.1 Å². The lowest BCUT2D eigenvalue weighted by molar-refractivity contribution is -0.141. The summed E-state index contributed by atoms with van der Waals surface area (Å²) in [5.74, 6) is 0.605. The first-order valence-corrected chi connectivity index (χ1v) is 9.45. The van der Waals surface area contributed by atoms with E-state index in [0.29, 0.717) is 12.4 Å². The third kappa shape index (κ3) is 3.09. The van der Waals surface area contributed by atoms with Gasteiger partial charge in [-0.05, 0) is 31.5 Å². The zero-order chi connectivity index (χ0) is 18.1. The minimum Gasteiger partial charge on any atom is -0.354 e. The highest BCUT2D eigenvalue weighted by Crippen LogP contribution is 2.47. The van der Waals surface area contributed by atoms with Gasteiger partial charge in [0.05, 0.1) is 24.7 Å². The molecule has 5 nitrogen and oxygen atoms in total. The van der Waals surface area contributed by atoms with Crippen LogP contribution < -0.4 is 4.89 Å². The second-order valence-corrected chi connectivity index (χ2v) is 7.79. The fourth-order valence-electron chi connectivity index (χ4n) is 3.77. The summed E-state index contributed by atoms with van der Waals surface area (Å²) in [4.78, 5) is 20.3. The van der Waals surface area contributed by atoms with Gasteiger partial charge >= 0.3 is 0 Å². The van der Waals surface area contributed by atoms with E-state index in [9.17, 15) is 4.79 Å². The molecule has 136 valence electrons. The van der Waals surface area contributed by atoms with Gasteiger partial charge in [0, 0.05) is 5.92 Å².